The van der Waals surface area contributed by atoms with Crippen LogP contribution in [0.25, 0.3) is 5.69 Å². The quantitative estimate of drug-likeness (QED) is 0.616. The zero-order valence-electron chi connectivity index (χ0n) is 18.5. The highest BCUT2D eigenvalue weighted by Gasteiger charge is 2.53. The number of aliphatic hydroxyl groups is 1. The number of aromatic nitrogens is 2. The van der Waals surface area contributed by atoms with Crippen LogP contribution >= 0.6 is 11.6 Å². The maximum atomic E-state index is 13.7. The fourth-order valence-corrected chi connectivity index (χ4v) is 5.23. The number of halogens is 1. The average Bonchev–Trinajstić information content (AvgIpc) is 3.05. The topological polar surface area (TPSA) is 53.4 Å². The minimum atomic E-state index is -1.21. The zero-order chi connectivity index (χ0) is 22.5. The van der Waals surface area contributed by atoms with Crippen molar-refractivity contribution in [3.05, 3.63) is 81.2 Å². The fourth-order valence-electron chi connectivity index (χ4n) is 5.11. The Kier molecular flexibility index (Phi) is 5.22. The van der Waals surface area contributed by atoms with Gasteiger partial charge in [-0.3, -0.25) is 9.48 Å². The van der Waals surface area contributed by atoms with Gasteiger partial charge < -0.3 is 5.11 Å². The predicted octanol–water partition coefficient (Wildman–Crippen LogP) is 3.79. The van der Waals surface area contributed by atoms with Gasteiger partial charge in [0.2, 0.25) is 5.69 Å². The number of β-amino-alcohol motifs (C(OH)–C–C–N with tert-alkyl or cyclic N) is 1. The van der Waals surface area contributed by atoms with Crippen molar-refractivity contribution in [1.82, 2.24) is 9.36 Å². The molecule has 0 saturated heterocycles. The molecular formula is C25H28ClN4O2+. The van der Waals surface area contributed by atoms with Crippen LogP contribution in [-0.4, -0.2) is 38.0 Å². The zero-order valence-corrected chi connectivity index (χ0v) is 19.2. The number of rotatable bonds is 3. The third kappa shape index (κ3) is 3.21. The molecule has 3 aromatic rings. The molecule has 6 nitrogen and oxygen atoms in total. The predicted molar refractivity (Wildman–Crippen MR) is 127 cm³/mol. The summed E-state index contributed by atoms with van der Waals surface area (Å²) in [6, 6.07) is 17.1. The summed E-state index contributed by atoms with van der Waals surface area (Å²) in [6.45, 7) is 3.03. The van der Waals surface area contributed by atoms with E-state index in [0.29, 0.717) is 17.3 Å². The molecule has 2 aliphatic rings. The summed E-state index contributed by atoms with van der Waals surface area (Å²) in [5.41, 5.74) is 1.83. The molecule has 0 spiro atoms. The normalized spacial score (nSPS) is 21.1. The molecule has 2 aliphatic heterocycles. The molecule has 166 valence electrons. The molecule has 0 bridgehead atoms. The minimum Gasteiger partial charge on any atom is -0.346 e. The lowest BCUT2D eigenvalue weighted by Crippen LogP contribution is -2.41. The van der Waals surface area contributed by atoms with E-state index in [4.69, 9.17) is 11.6 Å². The first-order valence-corrected chi connectivity index (χ1v) is 11.5. The number of amidine groups is 1. The smallest absolute Gasteiger partial charge is 0.318 e. The van der Waals surface area contributed by atoms with Crippen LogP contribution in [0.2, 0.25) is 5.02 Å². The molecule has 1 atom stereocenters. The van der Waals surface area contributed by atoms with E-state index in [1.54, 1.807) is 4.68 Å². The van der Waals surface area contributed by atoms with Gasteiger partial charge in [-0.15, -0.1) is 0 Å². The Morgan fingerprint density at radius 3 is 2.47 bits per heavy atom. The standard InChI is InChI=1S/C25H28ClN4O2/c1-18-23(24(31)30(27(18)2)21-9-5-3-6-10-21)28-17-25(32,19-12-14-20(26)15-13-19)29-16-8-4-7-11-22(28)29/h3,5-6,9-10,12-15,32H,4,7-8,11,16-17H2,1-2H3/q+1. The average molecular weight is 452 g/mol. The lowest BCUT2D eigenvalue weighted by Gasteiger charge is -2.23. The number of para-hydroxylation sites is 1. The summed E-state index contributed by atoms with van der Waals surface area (Å²) in [4.78, 5) is 15.8. The van der Waals surface area contributed by atoms with Gasteiger partial charge in [-0.25, -0.2) is 14.2 Å². The third-order valence-corrected chi connectivity index (χ3v) is 7.08. The maximum absolute atomic E-state index is 13.7. The summed E-state index contributed by atoms with van der Waals surface area (Å²) in [5, 5.41) is 12.6. The highest BCUT2D eigenvalue weighted by atomic mass is 35.5. The Morgan fingerprint density at radius 2 is 1.75 bits per heavy atom. The van der Waals surface area contributed by atoms with E-state index in [-0.39, 0.29) is 5.56 Å². The van der Waals surface area contributed by atoms with Crippen molar-refractivity contribution in [2.24, 2.45) is 7.05 Å². The van der Waals surface area contributed by atoms with Crippen LogP contribution in [0.1, 0.15) is 36.9 Å². The van der Waals surface area contributed by atoms with Gasteiger partial charge in [-0.2, -0.15) is 0 Å². The van der Waals surface area contributed by atoms with Crippen LogP contribution in [-0.2, 0) is 12.8 Å². The van der Waals surface area contributed by atoms with E-state index >= 15 is 0 Å². The number of benzene rings is 2. The van der Waals surface area contributed by atoms with E-state index in [2.05, 4.69) is 9.48 Å². The molecule has 0 aliphatic carbocycles. The molecule has 0 fully saturated rings. The molecule has 0 amide bonds. The van der Waals surface area contributed by atoms with Crippen LogP contribution in [0.5, 0.6) is 0 Å². The van der Waals surface area contributed by atoms with Crippen molar-refractivity contribution in [3.63, 3.8) is 0 Å². The highest BCUT2D eigenvalue weighted by Crippen LogP contribution is 2.36. The van der Waals surface area contributed by atoms with Crippen molar-refractivity contribution < 1.29 is 9.68 Å². The molecule has 1 aromatic heterocycles. The summed E-state index contributed by atoms with van der Waals surface area (Å²) in [7, 11) is 1.91. The number of anilines is 1. The molecular weight excluding hydrogens is 424 g/mol. The minimum absolute atomic E-state index is 0.0757. The molecule has 0 radical (unpaired) electrons. The third-order valence-electron chi connectivity index (χ3n) is 6.83. The summed E-state index contributed by atoms with van der Waals surface area (Å²) in [5.74, 6) is 1.02. The second-order valence-corrected chi connectivity index (χ2v) is 9.13. The van der Waals surface area contributed by atoms with Gasteiger partial charge in [-0.1, -0.05) is 41.9 Å². The molecule has 1 N–H and O–H groups in total. The van der Waals surface area contributed by atoms with Crippen LogP contribution < -0.4 is 10.5 Å². The maximum Gasteiger partial charge on any atom is 0.318 e. The van der Waals surface area contributed by atoms with Crippen LogP contribution in [0, 0.1) is 6.92 Å². The van der Waals surface area contributed by atoms with E-state index in [1.807, 2.05) is 73.3 Å². The first-order valence-electron chi connectivity index (χ1n) is 11.2. The SMILES string of the molecule is Cc1c(N2CC(O)(c3ccc(Cl)cc3)[N+]3=C2CCCCC3)c(=O)n(-c2ccccc2)n1C. The Bertz CT molecular complexity index is 1240. The lowest BCUT2D eigenvalue weighted by molar-refractivity contribution is -0.658. The van der Waals surface area contributed by atoms with Gasteiger partial charge in [-0.05, 0) is 50.5 Å². The monoisotopic (exact) mass is 451 g/mol. The molecule has 32 heavy (non-hydrogen) atoms. The molecule has 2 aromatic carbocycles. The molecule has 1 unspecified atom stereocenters. The Labute approximate surface area is 192 Å². The van der Waals surface area contributed by atoms with Gasteiger partial charge in [0.25, 0.3) is 11.6 Å². The Hall–Kier alpha value is -2.83. The van der Waals surface area contributed by atoms with Gasteiger partial charge >= 0.3 is 5.56 Å². The fraction of sp³-hybridized carbons (Fsp3) is 0.360. The van der Waals surface area contributed by atoms with E-state index < -0.39 is 5.72 Å². The van der Waals surface area contributed by atoms with Gasteiger partial charge in [0.15, 0.2) is 6.54 Å². The van der Waals surface area contributed by atoms with Gasteiger partial charge in [0.05, 0.1) is 17.9 Å². The van der Waals surface area contributed by atoms with Crippen LogP contribution in [0.15, 0.2) is 59.4 Å². The number of hydrogen-bond donors (Lipinski definition) is 1. The summed E-state index contributed by atoms with van der Waals surface area (Å²) >= 11 is 6.11. The summed E-state index contributed by atoms with van der Waals surface area (Å²) in [6.07, 6.45) is 3.98. The van der Waals surface area contributed by atoms with Crippen LogP contribution in [0.4, 0.5) is 5.69 Å². The van der Waals surface area contributed by atoms with Crippen molar-refractivity contribution in [1.29, 1.82) is 0 Å². The Morgan fingerprint density at radius 1 is 1.03 bits per heavy atom. The second kappa shape index (κ2) is 7.94. The van der Waals surface area contributed by atoms with Gasteiger partial charge in [0.1, 0.15) is 0 Å². The lowest BCUT2D eigenvalue weighted by atomic mass is 10.0. The number of nitrogens with zero attached hydrogens (tertiary/aromatic N) is 4. The van der Waals surface area contributed by atoms with Crippen molar-refractivity contribution in [3.8, 4) is 5.69 Å². The first-order chi connectivity index (χ1) is 15.4. The van der Waals surface area contributed by atoms with Crippen LogP contribution in [0.3, 0.4) is 0 Å². The van der Waals surface area contributed by atoms with Crippen molar-refractivity contribution in [2.45, 2.75) is 38.3 Å². The van der Waals surface area contributed by atoms with Crippen molar-refractivity contribution in [2.75, 3.05) is 18.0 Å². The van der Waals surface area contributed by atoms with E-state index in [0.717, 1.165) is 55.0 Å². The van der Waals surface area contributed by atoms with E-state index in [9.17, 15) is 9.90 Å². The molecule has 5 rings (SSSR count). The van der Waals surface area contributed by atoms with Gasteiger partial charge in [0, 0.05) is 24.1 Å². The molecule has 3 heterocycles. The molecule has 0 saturated carbocycles. The van der Waals surface area contributed by atoms with E-state index in [1.165, 1.54) is 0 Å². The first kappa shape index (κ1) is 21.0. The summed E-state index contributed by atoms with van der Waals surface area (Å²) < 4.78 is 5.70. The van der Waals surface area contributed by atoms with Crippen molar-refractivity contribution >= 4 is 23.1 Å². The highest BCUT2D eigenvalue weighted by molar-refractivity contribution is 6.30. The Balaban J connectivity index is 1.67. The molecule has 7 heteroatoms. The second-order valence-electron chi connectivity index (χ2n) is 8.70. The number of hydrogen-bond acceptors (Lipinski definition) is 3. The largest absolute Gasteiger partial charge is 0.346 e.